The predicted molar refractivity (Wildman–Crippen MR) is 97.8 cm³/mol. The number of hydrogen-bond acceptors (Lipinski definition) is 4. The molecular formula is C19H17ClN2O3. The number of amides is 2. The highest BCUT2D eigenvalue weighted by molar-refractivity contribution is 6.53. The van der Waals surface area contributed by atoms with Crippen molar-refractivity contribution in [3.05, 3.63) is 64.8 Å². The fourth-order valence-corrected chi connectivity index (χ4v) is 2.82. The van der Waals surface area contributed by atoms with Gasteiger partial charge in [0.15, 0.2) is 0 Å². The summed E-state index contributed by atoms with van der Waals surface area (Å²) in [5.41, 5.74) is 2.20. The number of nitrogens with one attached hydrogen (secondary N) is 1. The number of imide groups is 1. The molecule has 1 aliphatic heterocycles. The van der Waals surface area contributed by atoms with Crippen LogP contribution in [0.5, 0.6) is 5.75 Å². The summed E-state index contributed by atoms with van der Waals surface area (Å²) in [4.78, 5) is 26.3. The number of para-hydroxylation sites is 2. The molecule has 6 heteroatoms. The van der Waals surface area contributed by atoms with Crippen molar-refractivity contribution in [2.75, 3.05) is 17.3 Å². The molecule has 1 N–H and O–H groups in total. The van der Waals surface area contributed by atoms with Crippen LogP contribution in [0.4, 0.5) is 11.4 Å². The third-order valence-electron chi connectivity index (χ3n) is 4.00. The molecule has 0 fully saturated rings. The molecule has 128 valence electrons. The molecular weight excluding hydrogens is 340 g/mol. The third kappa shape index (κ3) is 3.10. The van der Waals surface area contributed by atoms with Crippen molar-refractivity contribution in [2.45, 2.75) is 13.3 Å². The summed E-state index contributed by atoms with van der Waals surface area (Å²) in [7, 11) is 1.53. The SMILES string of the molecule is CCc1ccc(N2C(=O)C(Cl)=C(Nc3ccccc3OC)C2=O)cc1. The lowest BCUT2D eigenvalue weighted by atomic mass is 10.1. The maximum Gasteiger partial charge on any atom is 0.283 e. The van der Waals surface area contributed by atoms with E-state index in [9.17, 15) is 9.59 Å². The van der Waals surface area contributed by atoms with Gasteiger partial charge < -0.3 is 10.1 Å². The van der Waals surface area contributed by atoms with Gasteiger partial charge in [-0.05, 0) is 36.2 Å². The number of ether oxygens (including phenoxy) is 1. The lowest BCUT2D eigenvalue weighted by molar-refractivity contribution is -0.120. The summed E-state index contributed by atoms with van der Waals surface area (Å²) in [6.07, 6.45) is 0.877. The number of hydrogen-bond donors (Lipinski definition) is 1. The van der Waals surface area contributed by atoms with Gasteiger partial charge in [0.1, 0.15) is 16.5 Å². The van der Waals surface area contributed by atoms with E-state index in [0.29, 0.717) is 17.1 Å². The first-order chi connectivity index (χ1) is 12.1. The Kier molecular flexibility index (Phi) is 4.76. The molecule has 0 aromatic heterocycles. The van der Waals surface area contributed by atoms with E-state index in [0.717, 1.165) is 16.9 Å². The third-order valence-corrected chi connectivity index (χ3v) is 4.35. The van der Waals surface area contributed by atoms with E-state index < -0.39 is 11.8 Å². The first-order valence-electron chi connectivity index (χ1n) is 7.84. The molecule has 0 atom stereocenters. The molecule has 1 heterocycles. The number of aryl methyl sites for hydroxylation is 1. The number of methoxy groups -OCH3 is 1. The number of halogens is 1. The largest absolute Gasteiger partial charge is 0.495 e. The van der Waals surface area contributed by atoms with Crippen LogP contribution in [0.2, 0.25) is 0 Å². The molecule has 2 aromatic rings. The molecule has 0 saturated carbocycles. The first kappa shape index (κ1) is 17.0. The van der Waals surface area contributed by atoms with Crippen molar-refractivity contribution >= 4 is 34.8 Å². The molecule has 1 aliphatic rings. The number of carbonyl (C=O) groups excluding carboxylic acids is 2. The Hall–Kier alpha value is -2.79. The second-order valence-electron chi connectivity index (χ2n) is 5.48. The zero-order chi connectivity index (χ0) is 18.0. The predicted octanol–water partition coefficient (Wildman–Crippen LogP) is 3.69. The van der Waals surface area contributed by atoms with Gasteiger partial charge in [-0.2, -0.15) is 0 Å². The number of benzene rings is 2. The van der Waals surface area contributed by atoms with Crippen LogP contribution in [-0.4, -0.2) is 18.9 Å². The smallest absolute Gasteiger partial charge is 0.283 e. The Labute approximate surface area is 150 Å². The van der Waals surface area contributed by atoms with Crippen molar-refractivity contribution in [1.82, 2.24) is 0 Å². The van der Waals surface area contributed by atoms with Gasteiger partial charge in [-0.1, -0.05) is 42.8 Å². The monoisotopic (exact) mass is 356 g/mol. The molecule has 0 aliphatic carbocycles. The molecule has 5 nitrogen and oxygen atoms in total. The van der Waals surface area contributed by atoms with E-state index in [4.69, 9.17) is 16.3 Å². The van der Waals surface area contributed by atoms with Gasteiger partial charge in [-0.3, -0.25) is 9.59 Å². The highest BCUT2D eigenvalue weighted by Gasteiger charge is 2.39. The first-order valence-corrected chi connectivity index (χ1v) is 8.22. The fraction of sp³-hybridized carbons (Fsp3) is 0.158. The van der Waals surface area contributed by atoms with E-state index >= 15 is 0 Å². The van der Waals surface area contributed by atoms with Crippen LogP contribution in [0.1, 0.15) is 12.5 Å². The van der Waals surface area contributed by atoms with Crippen molar-refractivity contribution < 1.29 is 14.3 Å². The summed E-state index contributed by atoms with van der Waals surface area (Å²) >= 11 is 6.14. The van der Waals surface area contributed by atoms with Crippen molar-refractivity contribution in [3.8, 4) is 5.75 Å². The summed E-state index contributed by atoms with van der Waals surface area (Å²) < 4.78 is 5.25. The highest BCUT2D eigenvalue weighted by Crippen LogP contribution is 2.32. The van der Waals surface area contributed by atoms with Gasteiger partial charge in [-0.25, -0.2) is 4.90 Å². The fourth-order valence-electron chi connectivity index (χ4n) is 2.61. The Morgan fingerprint density at radius 2 is 1.72 bits per heavy atom. The molecule has 0 spiro atoms. The Balaban J connectivity index is 1.91. The molecule has 3 rings (SSSR count). The summed E-state index contributed by atoms with van der Waals surface area (Å²) in [5.74, 6) is -0.496. The van der Waals surface area contributed by atoms with Crippen LogP contribution in [0.3, 0.4) is 0 Å². The van der Waals surface area contributed by atoms with Crippen LogP contribution in [-0.2, 0) is 16.0 Å². The average Bonchev–Trinajstić information content (AvgIpc) is 2.86. The summed E-state index contributed by atoms with van der Waals surface area (Å²) in [6.45, 7) is 2.04. The number of carbonyl (C=O) groups is 2. The van der Waals surface area contributed by atoms with Gasteiger partial charge in [0, 0.05) is 0 Å². The number of anilines is 2. The van der Waals surface area contributed by atoms with E-state index in [1.807, 2.05) is 25.1 Å². The van der Waals surface area contributed by atoms with Crippen LogP contribution in [0.25, 0.3) is 0 Å². The van der Waals surface area contributed by atoms with Gasteiger partial charge in [0.05, 0.1) is 18.5 Å². The lowest BCUT2D eigenvalue weighted by Gasteiger charge is -2.16. The Morgan fingerprint density at radius 3 is 2.36 bits per heavy atom. The highest BCUT2D eigenvalue weighted by atomic mass is 35.5. The van der Waals surface area contributed by atoms with E-state index in [2.05, 4.69) is 5.32 Å². The second-order valence-corrected chi connectivity index (χ2v) is 5.86. The minimum absolute atomic E-state index is 0.0377. The maximum atomic E-state index is 12.7. The van der Waals surface area contributed by atoms with E-state index in [-0.39, 0.29) is 10.7 Å². The minimum atomic E-state index is -0.548. The van der Waals surface area contributed by atoms with E-state index in [1.165, 1.54) is 7.11 Å². The van der Waals surface area contributed by atoms with Crippen LogP contribution < -0.4 is 15.0 Å². The van der Waals surface area contributed by atoms with Crippen molar-refractivity contribution in [3.63, 3.8) is 0 Å². The molecule has 0 radical (unpaired) electrons. The molecule has 0 saturated heterocycles. The standard InChI is InChI=1S/C19H17ClN2O3/c1-3-12-8-10-13(11-9-12)22-18(23)16(20)17(19(22)24)21-14-6-4-5-7-15(14)25-2/h4-11,21H,3H2,1-2H3. The molecule has 0 bridgehead atoms. The Bertz CT molecular complexity index is 859. The maximum absolute atomic E-state index is 12.7. The van der Waals surface area contributed by atoms with Gasteiger partial charge in [0.2, 0.25) is 0 Å². The number of rotatable bonds is 5. The molecule has 25 heavy (non-hydrogen) atoms. The molecule has 0 unspecified atom stereocenters. The van der Waals surface area contributed by atoms with Gasteiger partial charge >= 0.3 is 0 Å². The summed E-state index contributed by atoms with van der Waals surface area (Å²) in [5, 5.41) is 2.78. The normalized spacial score (nSPS) is 14.3. The van der Waals surface area contributed by atoms with Gasteiger partial charge in [-0.15, -0.1) is 0 Å². The quantitative estimate of drug-likeness (QED) is 0.830. The van der Waals surface area contributed by atoms with E-state index in [1.54, 1.807) is 30.3 Å². The molecule has 2 amide bonds. The van der Waals surface area contributed by atoms with Crippen LogP contribution >= 0.6 is 11.6 Å². The minimum Gasteiger partial charge on any atom is -0.495 e. The van der Waals surface area contributed by atoms with Crippen LogP contribution in [0, 0.1) is 0 Å². The zero-order valence-corrected chi connectivity index (χ0v) is 14.6. The number of nitrogens with zero attached hydrogens (tertiary/aromatic N) is 1. The topological polar surface area (TPSA) is 58.6 Å². The van der Waals surface area contributed by atoms with Crippen LogP contribution in [0.15, 0.2) is 59.3 Å². The lowest BCUT2D eigenvalue weighted by Crippen LogP contribution is -2.32. The zero-order valence-electron chi connectivity index (χ0n) is 13.9. The van der Waals surface area contributed by atoms with Gasteiger partial charge in [0.25, 0.3) is 11.8 Å². The van der Waals surface area contributed by atoms with Crippen molar-refractivity contribution in [1.29, 1.82) is 0 Å². The Morgan fingerprint density at radius 1 is 1.04 bits per heavy atom. The second kappa shape index (κ2) is 6.99. The summed E-state index contributed by atoms with van der Waals surface area (Å²) in [6, 6.07) is 14.3. The average molecular weight is 357 g/mol. The van der Waals surface area contributed by atoms with Crippen molar-refractivity contribution in [2.24, 2.45) is 0 Å². The molecule has 2 aromatic carbocycles.